The Kier molecular flexibility index (Phi) is 4.17. The zero-order valence-electron chi connectivity index (χ0n) is 14.4. The number of rotatable bonds is 5. The SMILES string of the molecule is Cc1ccc(CNc2ncnc(-n3nnc4ccccc43)c2[N+](=O)[O-])cc1. The average molecular weight is 361 g/mol. The van der Waals surface area contributed by atoms with Crippen LogP contribution in [0.4, 0.5) is 11.5 Å². The van der Waals surface area contributed by atoms with Gasteiger partial charge >= 0.3 is 5.69 Å². The molecule has 4 aromatic rings. The molecular weight excluding hydrogens is 346 g/mol. The van der Waals surface area contributed by atoms with Gasteiger partial charge in [-0.05, 0) is 24.6 Å². The summed E-state index contributed by atoms with van der Waals surface area (Å²) in [6.45, 7) is 2.40. The third-order valence-corrected chi connectivity index (χ3v) is 4.12. The molecule has 2 aromatic carbocycles. The van der Waals surface area contributed by atoms with Crippen molar-refractivity contribution in [1.29, 1.82) is 0 Å². The Hall–Kier alpha value is -3.88. The summed E-state index contributed by atoms with van der Waals surface area (Å²) in [6.07, 6.45) is 1.27. The number of para-hydroxylation sites is 1. The summed E-state index contributed by atoms with van der Waals surface area (Å²) in [6, 6.07) is 15.1. The third kappa shape index (κ3) is 3.17. The minimum absolute atomic E-state index is 0.0649. The van der Waals surface area contributed by atoms with Gasteiger partial charge in [0.05, 0.1) is 10.4 Å². The number of aromatic nitrogens is 5. The minimum Gasteiger partial charge on any atom is -0.360 e. The number of benzene rings is 2. The van der Waals surface area contributed by atoms with Crippen LogP contribution in [-0.4, -0.2) is 29.9 Å². The maximum Gasteiger partial charge on any atom is 0.355 e. The fourth-order valence-corrected chi connectivity index (χ4v) is 2.74. The van der Waals surface area contributed by atoms with Gasteiger partial charge in [-0.25, -0.2) is 9.97 Å². The van der Waals surface area contributed by atoms with Gasteiger partial charge in [0, 0.05) is 6.54 Å². The van der Waals surface area contributed by atoms with Crippen molar-refractivity contribution in [1.82, 2.24) is 25.0 Å². The molecule has 0 bridgehead atoms. The quantitative estimate of drug-likeness (QED) is 0.429. The molecule has 0 atom stereocenters. The summed E-state index contributed by atoms with van der Waals surface area (Å²) < 4.78 is 1.35. The number of nitrogens with one attached hydrogen (secondary N) is 1. The highest BCUT2D eigenvalue weighted by molar-refractivity contribution is 5.77. The van der Waals surface area contributed by atoms with E-state index in [0.29, 0.717) is 17.6 Å². The van der Waals surface area contributed by atoms with Gasteiger partial charge in [0.1, 0.15) is 11.8 Å². The molecule has 0 spiro atoms. The van der Waals surface area contributed by atoms with E-state index in [1.165, 1.54) is 11.0 Å². The second kappa shape index (κ2) is 6.79. The van der Waals surface area contributed by atoms with E-state index < -0.39 is 4.92 Å². The normalized spacial score (nSPS) is 10.9. The monoisotopic (exact) mass is 361 g/mol. The van der Waals surface area contributed by atoms with Gasteiger partial charge in [-0.2, -0.15) is 4.68 Å². The Bertz CT molecular complexity index is 1120. The first kappa shape index (κ1) is 16.6. The molecule has 134 valence electrons. The van der Waals surface area contributed by atoms with Crippen molar-refractivity contribution in [2.24, 2.45) is 0 Å². The number of nitro groups is 1. The van der Waals surface area contributed by atoms with E-state index in [-0.39, 0.29) is 17.3 Å². The van der Waals surface area contributed by atoms with Crippen molar-refractivity contribution in [2.75, 3.05) is 5.32 Å². The van der Waals surface area contributed by atoms with Crippen molar-refractivity contribution in [3.63, 3.8) is 0 Å². The van der Waals surface area contributed by atoms with Crippen LogP contribution in [0.2, 0.25) is 0 Å². The predicted octanol–water partition coefficient (Wildman–Crippen LogP) is 3.04. The standard InChI is InChI=1S/C18H15N7O2/c1-12-6-8-13(9-7-12)10-19-17-16(25(26)27)18(21-11-20-17)24-15-5-3-2-4-14(15)22-23-24/h2-9,11H,10H2,1H3,(H,19,20,21). The molecule has 0 aliphatic heterocycles. The van der Waals surface area contributed by atoms with E-state index in [2.05, 4.69) is 25.6 Å². The Morgan fingerprint density at radius 3 is 2.67 bits per heavy atom. The minimum atomic E-state index is -0.511. The molecule has 9 heteroatoms. The van der Waals surface area contributed by atoms with Gasteiger partial charge in [0.25, 0.3) is 0 Å². The second-order valence-electron chi connectivity index (χ2n) is 5.98. The van der Waals surface area contributed by atoms with Crippen LogP contribution in [0.5, 0.6) is 0 Å². The Morgan fingerprint density at radius 2 is 1.89 bits per heavy atom. The van der Waals surface area contributed by atoms with E-state index in [1.54, 1.807) is 12.1 Å². The Balaban J connectivity index is 1.74. The number of anilines is 1. The van der Waals surface area contributed by atoms with Crippen LogP contribution >= 0.6 is 0 Å². The predicted molar refractivity (Wildman–Crippen MR) is 99.6 cm³/mol. The van der Waals surface area contributed by atoms with Gasteiger partial charge in [0.15, 0.2) is 0 Å². The molecule has 0 radical (unpaired) electrons. The van der Waals surface area contributed by atoms with E-state index in [0.717, 1.165) is 11.1 Å². The summed E-state index contributed by atoms with van der Waals surface area (Å²) in [5, 5.41) is 22.8. The lowest BCUT2D eigenvalue weighted by molar-refractivity contribution is -0.384. The highest BCUT2D eigenvalue weighted by Gasteiger charge is 2.26. The molecule has 1 N–H and O–H groups in total. The topological polar surface area (TPSA) is 112 Å². The molecule has 0 saturated heterocycles. The zero-order chi connectivity index (χ0) is 18.8. The number of fused-ring (bicyclic) bond motifs is 1. The van der Waals surface area contributed by atoms with E-state index in [9.17, 15) is 10.1 Å². The van der Waals surface area contributed by atoms with Crippen LogP contribution < -0.4 is 5.32 Å². The van der Waals surface area contributed by atoms with Crippen LogP contribution in [0.3, 0.4) is 0 Å². The molecule has 27 heavy (non-hydrogen) atoms. The van der Waals surface area contributed by atoms with Crippen LogP contribution in [0.25, 0.3) is 16.9 Å². The van der Waals surface area contributed by atoms with Crippen LogP contribution in [0.15, 0.2) is 54.9 Å². The summed E-state index contributed by atoms with van der Waals surface area (Å²) in [5.41, 5.74) is 3.14. The maximum absolute atomic E-state index is 11.8. The first-order valence-corrected chi connectivity index (χ1v) is 8.23. The van der Waals surface area contributed by atoms with Crippen molar-refractivity contribution < 1.29 is 4.92 Å². The summed E-state index contributed by atoms with van der Waals surface area (Å²) >= 11 is 0. The lowest BCUT2D eigenvalue weighted by Crippen LogP contribution is -2.10. The smallest absolute Gasteiger partial charge is 0.355 e. The summed E-state index contributed by atoms with van der Waals surface area (Å²) in [7, 11) is 0. The lowest BCUT2D eigenvalue weighted by atomic mass is 10.1. The molecule has 2 aromatic heterocycles. The number of hydrogen-bond acceptors (Lipinski definition) is 7. The van der Waals surface area contributed by atoms with Gasteiger partial charge in [-0.3, -0.25) is 10.1 Å². The molecule has 0 amide bonds. The van der Waals surface area contributed by atoms with E-state index in [4.69, 9.17) is 0 Å². The molecule has 2 heterocycles. The first-order valence-electron chi connectivity index (χ1n) is 8.23. The number of aryl methyl sites for hydroxylation is 1. The average Bonchev–Trinajstić information content (AvgIpc) is 3.11. The molecule has 0 saturated carbocycles. The summed E-state index contributed by atoms with van der Waals surface area (Å²) in [4.78, 5) is 19.4. The number of nitrogens with zero attached hydrogens (tertiary/aromatic N) is 6. The van der Waals surface area contributed by atoms with E-state index in [1.807, 2.05) is 43.3 Å². The highest BCUT2D eigenvalue weighted by atomic mass is 16.6. The molecule has 0 unspecified atom stereocenters. The van der Waals surface area contributed by atoms with E-state index >= 15 is 0 Å². The van der Waals surface area contributed by atoms with Crippen LogP contribution in [0.1, 0.15) is 11.1 Å². The molecular formula is C18H15N7O2. The molecule has 0 aliphatic carbocycles. The zero-order valence-corrected chi connectivity index (χ0v) is 14.4. The largest absolute Gasteiger partial charge is 0.360 e. The molecule has 4 rings (SSSR count). The van der Waals surface area contributed by atoms with Gasteiger partial charge in [0.2, 0.25) is 11.6 Å². The van der Waals surface area contributed by atoms with Crippen molar-refractivity contribution in [3.8, 4) is 5.82 Å². The third-order valence-electron chi connectivity index (χ3n) is 4.12. The fourth-order valence-electron chi connectivity index (χ4n) is 2.74. The molecule has 0 fully saturated rings. The van der Waals surface area contributed by atoms with Crippen molar-refractivity contribution in [3.05, 3.63) is 76.1 Å². The first-order chi connectivity index (χ1) is 13.1. The Morgan fingerprint density at radius 1 is 1.11 bits per heavy atom. The second-order valence-corrected chi connectivity index (χ2v) is 5.98. The van der Waals surface area contributed by atoms with Crippen molar-refractivity contribution in [2.45, 2.75) is 13.5 Å². The fraction of sp³-hybridized carbons (Fsp3) is 0.111. The molecule has 9 nitrogen and oxygen atoms in total. The van der Waals surface area contributed by atoms with Crippen LogP contribution in [0, 0.1) is 17.0 Å². The van der Waals surface area contributed by atoms with Crippen LogP contribution in [-0.2, 0) is 6.54 Å². The highest BCUT2D eigenvalue weighted by Crippen LogP contribution is 2.29. The van der Waals surface area contributed by atoms with Crippen molar-refractivity contribution >= 4 is 22.5 Å². The maximum atomic E-state index is 11.8. The van der Waals surface area contributed by atoms with Gasteiger partial charge in [-0.1, -0.05) is 47.2 Å². The van der Waals surface area contributed by atoms with Gasteiger partial charge in [-0.15, -0.1) is 5.10 Å². The number of hydrogen-bond donors (Lipinski definition) is 1. The summed E-state index contributed by atoms with van der Waals surface area (Å²) in [5.74, 6) is 0.195. The molecule has 0 aliphatic rings. The van der Waals surface area contributed by atoms with Gasteiger partial charge < -0.3 is 5.32 Å². The lowest BCUT2D eigenvalue weighted by Gasteiger charge is -2.09. The Labute approximate surface area is 153 Å².